The molecule has 1 saturated heterocycles. The van der Waals surface area contributed by atoms with Gasteiger partial charge in [-0.15, -0.1) is 0 Å². The number of piperidine rings is 1. The van der Waals surface area contributed by atoms with E-state index < -0.39 is 0 Å². The van der Waals surface area contributed by atoms with Gasteiger partial charge in [0.05, 0.1) is 13.5 Å². The number of carbonyl (C=O) groups excluding carboxylic acids is 2. The third kappa shape index (κ3) is 6.57. The van der Waals surface area contributed by atoms with Crippen LogP contribution >= 0.6 is 0 Å². The van der Waals surface area contributed by atoms with Crippen LogP contribution in [0.2, 0.25) is 0 Å². The topological polar surface area (TPSA) is 58.6 Å². The third-order valence-corrected chi connectivity index (χ3v) is 3.60. The van der Waals surface area contributed by atoms with Gasteiger partial charge in [-0.2, -0.15) is 0 Å². The summed E-state index contributed by atoms with van der Waals surface area (Å²) in [4.78, 5) is 25.4. The molecule has 5 heteroatoms. The number of rotatable bonds is 7. The maximum Gasteiger partial charge on any atom is 0.307 e. The zero-order valence-electron chi connectivity index (χ0n) is 12.1. The summed E-state index contributed by atoms with van der Waals surface area (Å²) < 4.78 is 4.62. The SMILES string of the molecule is CCC(CC(=O)OC)NC(=O)CCN1CCCCC1. The summed E-state index contributed by atoms with van der Waals surface area (Å²) in [6, 6.07) is -0.110. The molecule has 1 unspecified atom stereocenters. The maximum atomic E-state index is 11.8. The first kappa shape index (κ1) is 16.0. The van der Waals surface area contributed by atoms with E-state index in [-0.39, 0.29) is 24.3 Å². The monoisotopic (exact) mass is 270 g/mol. The fourth-order valence-corrected chi connectivity index (χ4v) is 2.32. The smallest absolute Gasteiger partial charge is 0.307 e. The molecule has 1 N–H and O–H groups in total. The van der Waals surface area contributed by atoms with Crippen molar-refractivity contribution in [2.24, 2.45) is 0 Å². The van der Waals surface area contributed by atoms with Crippen molar-refractivity contribution in [1.29, 1.82) is 0 Å². The first-order chi connectivity index (χ1) is 9.15. The van der Waals surface area contributed by atoms with Crippen LogP contribution in [0.25, 0.3) is 0 Å². The van der Waals surface area contributed by atoms with E-state index in [0.717, 1.165) is 26.1 Å². The predicted molar refractivity (Wildman–Crippen MR) is 73.8 cm³/mol. The molecule has 0 saturated carbocycles. The number of nitrogens with zero attached hydrogens (tertiary/aromatic N) is 1. The van der Waals surface area contributed by atoms with E-state index in [2.05, 4.69) is 15.0 Å². The highest BCUT2D eigenvalue weighted by Gasteiger charge is 2.16. The van der Waals surface area contributed by atoms with Gasteiger partial charge in [0.25, 0.3) is 0 Å². The molecule has 0 radical (unpaired) electrons. The van der Waals surface area contributed by atoms with Crippen molar-refractivity contribution < 1.29 is 14.3 Å². The van der Waals surface area contributed by atoms with Crippen molar-refractivity contribution >= 4 is 11.9 Å². The third-order valence-electron chi connectivity index (χ3n) is 3.60. The molecule has 110 valence electrons. The van der Waals surface area contributed by atoms with E-state index >= 15 is 0 Å². The van der Waals surface area contributed by atoms with Crippen LogP contribution < -0.4 is 5.32 Å². The number of esters is 1. The van der Waals surface area contributed by atoms with E-state index in [1.807, 2.05) is 6.92 Å². The number of hydrogen-bond donors (Lipinski definition) is 1. The van der Waals surface area contributed by atoms with Crippen molar-refractivity contribution in [3.63, 3.8) is 0 Å². The molecule has 1 atom stereocenters. The lowest BCUT2D eigenvalue weighted by Crippen LogP contribution is -2.39. The van der Waals surface area contributed by atoms with Gasteiger partial charge in [0.1, 0.15) is 0 Å². The van der Waals surface area contributed by atoms with Gasteiger partial charge in [0, 0.05) is 19.0 Å². The number of nitrogens with one attached hydrogen (secondary N) is 1. The standard InChI is InChI=1S/C14H26N2O3/c1-3-12(11-14(18)19-2)15-13(17)7-10-16-8-5-4-6-9-16/h12H,3-11H2,1-2H3,(H,15,17). The van der Waals surface area contributed by atoms with Gasteiger partial charge in [-0.05, 0) is 32.4 Å². The Morgan fingerprint density at radius 2 is 1.95 bits per heavy atom. The van der Waals surface area contributed by atoms with Crippen molar-refractivity contribution in [1.82, 2.24) is 10.2 Å². The second kappa shape index (κ2) is 8.91. The number of carbonyl (C=O) groups is 2. The summed E-state index contributed by atoms with van der Waals surface area (Å²) in [5.41, 5.74) is 0. The Hall–Kier alpha value is -1.10. The fourth-order valence-electron chi connectivity index (χ4n) is 2.32. The lowest BCUT2D eigenvalue weighted by Gasteiger charge is -2.26. The molecule has 0 aromatic carbocycles. The second-order valence-corrected chi connectivity index (χ2v) is 5.11. The van der Waals surface area contributed by atoms with Crippen molar-refractivity contribution in [3.8, 4) is 0 Å². The Balaban J connectivity index is 2.22. The quantitative estimate of drug-likeness (QED) is 0.709. The van der Waals surface area contributed by atoms with Crippen LogP contribution in [-0.2, 0) is 14.3 Å². The Labute approximate surface area is 115 Å². The first-order valence-corrected chi connectivity index (χ1v) is 7.24. The molecular weight excluding hydrogens is 244 g/mol. The Kier molecular flexibility index (Phi) is 7.48. The van der Waals surface area contributed by atoms with E-state index in [9.17, 15) is 9.59 Å². The predicted octanol–water partition coefficient (Wildman–Crippen LogP) is 1.32. The fraction of sp³-hybridized carbons (Fsp3) is 0.857. The van der Waals surface area contributed by atoms with Gasteiger partial charge in [-0.3, -0.25) is 9.59 Å². The first-order valence-electron chi connectivity index (χ1n) is 7.24. The molecule has 1 aliphatic rings. The minimum Gasteiger partial charge on any atom is -0.469 e. The molecule has 0 aromatic heterocycles. The molecule has 1 aliphatic heterocycles. The van der Waals surface area contributed by atoms with Crippen LogP contribution in [0.1, 0.15) is 45.4 Å². The normalized spacial score (nSPS) is 17.8. The zero-order valence-corrected chi connectivity index (χ0v) is 12.1. The van der Waals surface area contributed by atoms with Crippen LogP contribution in [0.3, 0.4) is 0 Å². The molecule has 19 heavy (non-hydrogen) atoms. The van der Waals surface area contributed by atoms with E-state index in [1.165, 1.54) is 26.4 Å². The maximum absolute atomic E-state index is 11.8. The van der Waals surface area contributed by atoms with Crippen LogP contribution in [0.15, 0.2) is 0 Å². The van der Waals surface area contributed by atoms with Crippen LogP contribution in [0, 0.1) is 0 Å². The molecule has 1 heterocycles. The molecule has 1 amide bonds. The van der Waals surface area contributed by atoms with Gasteiger partial charge in [0.2, 0.25) is 5.91 Å². The molecule has 0 aliphatic carbocycles. The summed E-state index contributed by atoms with van der Waals surface area (Å²) in [5, 5.41) is 2.91. The highest BCUT2D eigenvalue weighted by molar-refractivity contribution is 5.77. The van der Waals surface area contributed by atoms with Crippen LogP contribution in [0.5, 0.6) is 0 Å². The number of hydrogen-bond acceptors (Lipinski definition) is 4. The molecular formula is C14H26N2O3. The molecule has 0 spiro atoms. The molecule has 0 aromatic rings. The molecule has 0 bridgehead atoms. The summed E-state index contributed by atoms with van der Waals surface area (Å²) in [6.45, 7) is 4.98. The van der Waals surface area contributed by atoms with Crippen LogP contribution in [-0.4, -0.2) is 49.6 Å². The minimum absolute atomic E-state index is 0.0290. The van der Waals surface area contributed by atoms with Gasteiger partial charge >= 0.3 is 5.97 Å². The van der Waals surface area contributed by atoms with Crippen molar-refractivity contribution in [2.45, 2.75) is 51.5 Å². The lowest BCUT2D eigenvalue weighted by molar-refractivity contribution is -0.141. The second-order valence-electron chi connectivity index (χ2n) is 5.11. The van der Waals surface area contributed by atoms with E-state index in [4.69, 9.17) is 0 Å². The number of methoxy groups -OCH3 is 1. The summed E-state index contributed by atoms with van der Waals surface area (Å²) >= 11 is 0. The summed E-state index contributed by atoms with van der Waals surface area (Å²) in [5.74, 6) is -0.246. The number of amides is 1. The van der Waals surface area contributed by atoms with Crippen molar-refractivity contribution in [3.05, 3.63) is 0 Å². The Morgan fingerprint density at radius 1 is 1.26 bits per heavy atom. The van der Waals surface area contributed by atoms with Gasteiger partial charge in [-0.25, -0.2) is 0 Å². The average Bonchev–Trinajstić information content (AvgIpc) is 2.45. The molecule has 1 fully saturated rings. The molecule has 1 rings (SSSR count). The van der Waals surface area contributed by atoms with Gasteiger partial charge in [-0.1, -0.05) is 13.3 Å². The van der Waals surface area contributed by atoms with Crippen LogP contribution in [0.4, 0.5) is 0 Å². The summed E-state index contributed by atoms with van der Waals surface area (Å²) in [6.07, 6.45) is 5.29. The number of likely N-dealkylation sites (tertiary alicyclic amines) is 1. The average molecular weight is 270 g/mol. The van der Waals surface area contributed by atoms with E-state index in [1.54, 1.807) is 0 Å². The zero-order chi connectivity index (χ0) is 14.1. The largest absolute Gasteiger partial charge is 0.469 e. The van der Waals surface area contributed by atoms with Gasteiger partial charge in [0.15, 0.2) is 0 Å². The highest BCUT2D eigenvalue weighted by atomic mass is 16.5. The minimum atomic E-state index is -0.275. The Bertz CT molecular complexity index is 288. The summed E-state index contributed by atoms with van der Waals surface area (Å²) in [7, 11) is 1.37. The van der Waals surface area contributed by atoms with Gasteiger partial charge < -0.3 is 15.0 Å². The van der Waals surface area contributed by atoms with Crippen molar-refractivity contribution in [2.75, 3.05) is 26.7 Å². The lowest BCUT2D eigenvalue weighted by atomic mass is 10.1. The van der Waals surface area contributed by atoms with E-state index in [0.29, 0.717) is 6.42 Å². The highest BCUT2D eigenvalue weighted by Crippen LogP contribution is 2.08. The number of ether oxygens (including phenoxy) is 1. The molecule has 5 nitrogen and oxygen atoms in total. The Morgan fingerprint density at radius 3 is 2.53 bits per heavy atom.